The Kier molecular flexibility index (Phi) is 9.57. The second kappa shape index (κ2) is 11.8. The molecule has 2 aromatic carbocycles. The van der Waals surface area contributed by atoms with Crippen LogP contribution in [-0.2, 0) is 26.2 Å². The van der Waals surface area contributed by atoms with Crippen LogP contribution < -0.4 is 14.4 Å². The topological polar surface area (TPSA) is 96.0 Å². The molecule has 0 saturated heterocycles. The van der Waals surface area contributed by atoms with Crippen molar-refractivity contribution in [1.29, 1.82) is 0 Å². The number of amides is 2. The molecule has 0 radical (unpaired) electrons. The van der Waals surface area contributed by atoms with E-state index < -0.39 is 34.1 Å². The highest BCUT2D eigenvalue weighted by Crippen LogP contribution is 2.30. The molecule has 1 unspecified atom stereocenters. The lowest BCUT2D eigenvalue weighted by molar-refractivity contribution is -0.141. The standard InChI is InChI=1S/C25H34ClN3O5S/c1-7-21(24(31)27-25(2,3)4)28(16-18-11-9-8-10-12-18)23(30)17-29(35(6,32)33)19-13-14-22(34-5)20(26)15-19/h8-15,21H,7,16-17H2,1-6H3,(H,27,31). The van der Waals surface area contributed by atoms with Crippen molar-refractivity contribution >= 4 is 39.1 Å². The second-order valence-corrected chi connectivity index (χ2v) is 11.6. The van der Waals surface area contributed by atoms with Gasteiger partial charge in [0.25, 0.3) is 0 Å². The van der Waals surface area contributed by atoms with E-state index in [1.54, 1.807) is 0 Å². The van der Waals surface area contributed by atoms with Crippen molar-refractivity contribution in [1.82, 2.24) is 10.2 Å². The van der Waals surface area contributed by atoms with E-state index in [2.05, 4.69) is 5.32 Å². The fourth-order valence-corrected chi connectivity index (χ4v) is 4.67. The van der Waals surface area contributed by atoms with E-state index >= 15 is 0 Å². The number of carbonyl (C=O) groups is 2. The maximum absolute atomic E-state index is 13.6. The van der Waals surface area contributed by atoms with Gasteiger partial charge in [0.15, 0.2) is 0 Å². The number of benzene rings is 2. The van der Waals surface area contributed by atoms with Crippen molar-refractivity contribution < 1.29 is 22.7 Å². The van der Waals surface area contributed by atoms with Crippen LogP contribution in [0.1, 0.15) is 39.7 Å². The monoisotopic (exact) mass is 523 g/mol. The van der Waals surface area contributed by atoms with Crippen LogP contribution in [0.5, 0.6) is 5.75 Å². The molecule has 2 rings (SSSR count). The number of sulfonamides is 1. The second-order valence-electron chi connectivity index (χ2n) is 9.26. The highest BCUT2D eigenvalue weighted by molar-refractivity contribution is 7.92. The Labute approximate surface area is 213 Å². The van der Waals surface area contributed by atoms with Gasteiger partial charge in [-0.05, 0) is 51.0 Å². The first-order valence-electron chi connectivity index (χ1n) is 11.2. The van der Waals surface area contributed by atoms with Crippen LogP contribution in [0.4, 0.5) is 5.69 Å². The van der Waals surface area contributed by atoms with Crippen LogP contribution in [0.15, 0.2) is 48.5 Å². The Morgan fingerprint density at radius 2 is 1.74 bits per heavy atom. The van der Waals surface area contributed by atoms with Crippen molar-refractivity contribution in [3.8, 4) is 5.75 Å². The molecule has 35 heavy (non-hydrogen) atoms. The lowest BCUT2D eigenvalue weighted by Gasteiger charge is -2.34. The first kappa shape index (κ1) is 28.5. The van der Waals surface area contributed by atoms with E-state index in [4.69, 9.17) is 16.3 Å². The van der Waals surface area contributed by atoms with Crippen molar-refractivity contribution in [2.24, 2.45) is 0 Å². The number of carbonyl (C=O) groups excluding carboxylic acids is 2. The van der Waals surface area contributed by atoms with Crippen LogP contribution in [0, 0.1) is 0 Å². The highest BCUT2D eigenvalue weighted by Gasteiger charge is 2.33. The van der Waals surface area contributed by atoms with Crippen LogP contribution >= 0.6 is 11.6 Å². The predicted molar refractivity (Wildman–Crippen MR) is 139 cm³/mol. The largest absolute Gasteiger partial charge is 0.495 e. The number of hydrogen-bond donors (Lipinski definition) is 1. The molecule has 2 aromatic rings. The summed E-state index contributed by atoms with van der Waals surface area (Å²) < 4.78 is 31.5. The third kappa shape index (κ3) is 8.14. The van der Waals surface area contributed by atoms with E-state index in [0.717, 1.165) is 16.1 Å². The number of nitrogens with zero attached hydrogens (tertiary/aromatic N) is 2. The van der Waals surface area contributed by atoms with Gasteiger partial charge in [-0.2, -0.15) is 0 Å². The van der Waals surface area contributed by atoms with Gasteiger partial charge in [-0.3, -0.25) is 13.9 Å². The van der Waals surface area contributed by atoms with Crippen molar-refractivity contribution in [2.75, 3.05) is 24.2 Å². The molecule has 10 heteroatoms. The maximum atomic E-state index is 13.6. The summed E-state index contributed by atoms with van der Waals surface area (Å²) in [6.45, 7) is 7.06. The summed E-state index contributed by atoms with van der Waals surface area (Å²) in [5, 5.41) is 3.14. The third-order valence-electron chi connectivity index (χ3n) is 5.18. The zero-order chi connectivity index (χ0) is 26.4. The summed E-state index contributed by atoms with van der Waals surface area (Å²) in [7, 11) is -2.40. The van der Waals surface area contributed by atoms with Crippen LogP contribution in [0.3, 0.4) is 0 Å². The summed E-state index contributed by atoms with van der Waals surface area (Å²) in [6.07, 6.45) is 1.37. The summed E-state index contributed by atoms with van der Waals surface area (Å²) in [4.78, 5) is 28.2. The number of methoxy groups -OCH3 is 1. The molecule has 0 aromatic heterocycles. The number of hydrogen-bond acceptors (Lipinski definition) is 5. The molecule has 1 N–H and O–H groups in total. The highest BCUT2D eigenvalue weighted by atomic mass is 35.5. The van der Waals surface area contributed by atoms with Gasteiger partial charge in [0.1, 0.15) is 18.3 Å². The number of anilines is 1. The number of rotatable bonds is 10. The van der Waals surface area contributed by atoms with Crippen molar-refractivity contribution in [3.63, 3.8) is 0 Å². The minimum absolute atomic E-state index is 0.150. The van der Waals surface area contributed by atoms with Crippen LogP contribution in [-0.4, -0.2) is 56.6 Å². The molecular weight excluding hydrogens is 490 g/mol. The number of nitrogens with one attached hydrogen (secondary N) is 1. The van der Waals surface area contributed by atoms with Crippen LogP contribution in [0.25, 0.3) is 0 Å². The summed E-state index contributed by atoms with van der Waals surface area (Å²) in [6, 6.07) is 12.9. The lowest BCUT2D eigenvalue weighted by atomic mass is 10.1. The molecule has 0 bridgehead atoms. The molecule has 0 fully saturated rings. The van der Waals surface area contributed by atoms with Gasteiger partial charge in [-0.15, -0.1) is 0 Å². The SMILES string of the molecule is CCC(C(=O)NC(C)(C)C)N(Cc1ccccc1)C(=O)CN(c1ccc(OC)c(Cl)c1)S(C)(=O)=O. The molecule has 2 amide bonds. The predicted octanol–water partition coefficient (Wildman–Crippen LogP) is 3.84. The maximum Gasteiger partial charge on any atom is 0.244 e. The number of ether oxygens (including phenoxy) is 1. The van der Waals surface area contributed by atoms with E-state index in [9.17, 15) is 18.0 Å². The smallest absolute Gasteiger partial charge is 0.244 e. The molecule has 0 spiro atoms. The van der Waals surface area contributed by atoms with Gasteiger partial charge in [-0.25, -0.2) is 8.42 Å². The molecule has 8 nitrogen and oxygen atoms in total. The van der Waals surface area contributed by atoms with Gasteiger partial charge >= 0.3 is 0 Å². The summed E-state index contributed by atoms with van der Waals surface area (Å²) >= 11 is 6.21. The summed E-state index contributed by atoms with van der Waals surface area (Å²) in [5.41, 5.74) is 0.546. The zero-order valence-corrected chi connectivity index (χ0v) is 22.6. The number of halogens is 1. The average molecular weight is 524 g/mol. The van der Waals surface area contributed by atoms with Crippen molar-refractivity contribution in [2.45, 2.75) is 52.2 Å². The first-order chi connectivity index (χ1) is 16.3. The third-order valence-corrected chi connectivity index (χ3v) is 6.62. The van der Waals surface area contributed by atoms with E-state index in [-0.39, 0.29) is 23.2 Å². The van der Waals surface area contributed by atoms with Crippen molar-refractivity contribution in [3.05, 3.63) is 59.1 Å². The molecule has 0 aliphatic carbocycles. The molecule has 0 saturated carbocycles. The molecular formula is C25H34ClN3O5S. The average Bonchev–Trinajstić information content (AvgIpc) is 2.75. The Morgan fingerprint density at radius 3 is 2.23 bits per heavy atom. The fraction of sp³-hybridized carbons (Fsp3) is 0.440. The van der Waals surface area contributed by atoms with E-state index in [1.165, 1.54) is 30.2 Å². The Morgan fingerprint density at radius 1 is 1.11 bits per heavy atom. The lowest BCUT2D eigenvalue weighted by Crippen LogP contribution is -2.55. The quantitative estimate of drug-likeness (QED) is 0.510. The molecule has 0 aliphatic rings. The van der Waals surface area contributed by atoms with Gasteiger partial charge in [0.05, 0.1) is 24.1 Å². The van der Waals surface area contributed by atoms with E-state index in [0.29, 0.717) is 12.2 Å². The Balaban J connectivity index is 2.46. The Bertz CT molecular complexity index is 1130. The van der Waals surface area contributed by atoms with Gasteiger partial charge in [0.2, 0.25) is 21.8 Å². The van der Waals surface area contributed by atoms with Gasteiger partial charge < -0.3 is 15.0 Å². The zero-order valence-electron chi connectivity index (χ0n) is 21.0. The summed E-state index contributed by atoms with van der Waals surface area (Å²) in [5.74, 6) is -0.435. The minimum Gasteiger partial charge on any atom is -0.495 e. The minimum atomic E-state index is -3.85. The Hall–Kier alpha value is -2.78. The van der Waals surface area contributed by atoms with E-state index in [1.807, 2.05) is 58.0 Å². The van der Waals surface area contributed by atoms with Gasteiger partial charge in [0, 0.05) is 12.1 Å². The molecule has 0 aliphatic heterocycles. The molecule has 192 valence electrons. The molecule has 0 heterocycles. The normalized spacial score (nSPS) is 12.5. The molecule has 1 atom stereocenters. The van der Waals surface area contributed by atoms with Crippen LogP contribution in [0.2, 0.25) is 5.02 Å². The van der Waals surface area contributed by atoms with Gasteiger partial charge in [-0.1, -0.05) is 48.9 Å². The first-order valence-corrected chi connectivity index (χ1v) is 13.5. The fourth-order valence-electron chi connectivity index (χ4n) is 3.58.